The van der Waals surface area contributed by atoms with Crippen LogP contribution in [-0.2, 0) is 4.79 Å². The number of allylic oxidation sites excluding steroid dienone is 1. The Hall–Kier alpha value is -1.61. The van der Waals surface area contributed by atoms with Gasteiger partial charge in [0.15, 0.2) is 0 Å². The molecule has 0 spiro atoms. The quantitative estimate of drug-likeness (QED) is 0.506. The molecule has 0 aliphatic rings. The summed E-state index contributed by atoms with van der Waals surface area (Å²) in [6.07, 6.45) is 1.72. The Balaban J connectivity index is 3.06. The lowest BCUT2D eigenvalue weighted by atomic mass is 9.99. The van der Waals surface area contributed by atoms with Crippen LogP contribution in [0.2, 0.25) is 0 Å². The third kappa shape index (κ3) is 3.44. The highest BCUT2D eigenvalue weighted by Gasteiger charge is 2.14. The van der Waals surface area contributed by atoms with Crippen LogP contribution in [0, 0.1) is 6.92 Å². The van der Waals surface area contributed by atoms with Crippen molar-refractivity contribution in [1.82, 2.24) is 0 Å². The van der Waals surface area contributed by atoms with E-state index in [1.807, 2.05) is 32.0 Å². The lowest BCUT2D eigenvalue weighted by molar-refractivity contribution is -0.130. The first-order valence-corrected chi connectivity index (χ1v) is 6.06. The Bertz CT molecular complexity index is 461. The molecule has 0 fully saturated rings. The van der Waals surface area contributed by atoms with Crippen LogP contribution in [-0.4, -0.2) is 17.7 Å². The van der Waals surface area contributed by atoms with Crippen LogP contribution in [0.3, 0.4) is 0 Å². The van der Waals surface area contributed by atoms with Crippen LogP contribution in [0.4, 0.5) is 0 Å². The summed E-state index contributed by atoms with van der Waals surface area (Å²) in [6, 6.07) is 5.66. The van der Waals surface area contributed by atoms with E-state index in [1.165, 1.54) is 0 Å². The second kappa shape index (κ2) is 6.36. The van der Waals surface area contributed by atoms with Crippen LogP contribution < -0.4 is 4.74 Å². The van der Waals surface area contributed by atoms with Crippen molar-refractivity contribution in [2.75, 3.05) is 6.61 Å². The Kier molecular flexibility index (Phi) is 5.10. The number of rotatable bonds is 4. The fraction of sp³-hybridized carbons (Fsp3) is 0.400. The fourth-order valence-electron chi connectivity index (χ4n) is 1.53. The number of aliphatic hydroxyl groups excluding tert-OH is 1. The second-order valence-corrected chi connectivity index (χ2v) is 4.49. The van der Waals surface area contributed by atoms with E-state index >= 15 is 0 Å². The maximum atomic E-state index is 11.8. The van der Waals surface area contributed by atoms with Gasteiger partial charge < -0.3 is 9.84 Å². The topological polar surface area (TPSA) is 46.5 Å². The fourth-order valence-corrected chi connectivity index (χ4v) is 1.53. The van der Waals surface area contributed by atoms with E-state index in [-0.39, 0.29) is 18.5 Å². The van der Waals surface area contributed by atoms with E-state index in [2.05, 4.69) is 0 Å². The van der Waals surface area contributed by atoms with Crippen LogP contribution in [0.5, 0.6) is 5.75 Å². The van der Waals surface area contributed by atoms with E-state index < -0.39 is 0 Å². The van der Waals surface area contributed by atoms with Gasteiger partial charge in [0.25, 0.3) is 0 Å². The maximum absolute atomic E-state index is 11.8. The summed E-state index contributed by atoms with van der Waals surface area (Å²) in [5, 5.41) is 9.22. The Morgan fingerprint density at radius 3 is 2.72 bits per heavy atom. The van der Waals surface area contributed by atoms with Gasteiger partial charge in [-0.25, -0.2) is 4.79 Å². The first-order valence-electron chi connectivity index (χ1n) is 6.06. The molecule has 0 aliphatic carbocycles. The summed E-state index contributed by atoms with van der Waals surface area (Å²) < 4.78 is 5.38. The van der Waals surface area contributed by atoms with Gasteiger partial charge in [0, 0.05) is 23.7 Å². The van der Waals surface area contributed by atoms with Gasteiger partial charge in [0.2, 0.25) is 0 Å². The normalized spacial score (nSPS) is 13.3. The average molecular weight is 248 g/mol. The molecule has 0 bridgehead atoms. The number of benzene rings is 1. The second-order valence-electron chi connectivity index (χ2n) is 4.49. The molecule has 3 heteroatoms. The van der Waals surface area contributed by atoms with Crippen molar-refractivity contribution >= 4 is 5.97 Å². The molecule has 0 radical (unpaired) electrons. The molecule has 0 aromatic heterocycles. The molecule has 0 saturated heterocycles. The molecule has 1 unspecified atom stereocenters. The lowest BCUT2D eigenvalue weighted by Gasteiger charge is -2.15. The molecule has 1 aromatic carbocycles. The summed E-state index contributed by atoms with van der Waals surface area (Å²) in [5.74, 6) is 0.122. The lowest BCUT2D eigenvalue weighted by Crippen LogP contribution is -2.12. The maximum Gasteiger partial charge on any atom is 0.338 e. The zero-order valence-electron chi connectivity index (χ0n) is 11.4. The van der Waals surface area contributed by atoms with Crippen molar-refractivity contribution in [3.63, 3.8) is 0 Å². The number of aryl methyl sites for hydroxylation is 1. The Morgan fingerprint density at radius 1 is 1.50 bits per heavy atom. The van der Waals surface area contributed by atoms with Crippen molar-refractivity contribution < 1.29 is 14.6 Å². The van der Waals surface area contributed by atoms with Gasteiger partial charge >= 0.3 is 5.97 Å². The summed E-state index contributed by atoms with van der Waals surface area (Å²) in [7, 11) is 0. The number of ether oxygens (including phenoxy) is 1. The number of hydrogen-bond acceptors (Lipinski definition) is 3. The number of aliphatic hydroxyl groups is 1. The van der Waals surface area contributed by atoms with Gasteiger partial charge in [-0.3, -0.25) is 0 Å². The highest BCUT2D eigenvalue weighted by molar-refractivity contribution is 5.89. The molecular weight excluding hydrogens is 228 g/mol. The minimum atomic E-state index is -0.352. The summed E-state index contributed by atoms with van der Waals surface area (Å²) in [5.41, 5.74) is 2.43. The molecule has 0 heterocycles. The number of carbonyl (C=O) groups excluding carboxylic acids is 1. The van der Waals surface area contributed by atoms with E-state index in [1.54, 1.807) is 19.9 Å². The molecule has 1 N–H and O–H groups in total. The molecule has 18 heavy (non-hydrogen) atoms. The SMILES string of the molecule is CC=C(C)C(=O)Oc1cc(C)ccc1C(C)CO. The molecule has 3 nitrogen and oxygen atoms in total. The van der Waals surface area contributed by atoms with Crippen molar-refractivity contribution in [2.24, 2.45) is 0 Å². The monoisotopic (exact) mass is 248 g/mol. The van der Waals surface area contributed by atoms with Gasteiger partial charge in [-0.15, -0.1) is 0 Å². The highest BCUT2D eigenvalue weighted by atomic mass is 16.5. The van der Waals surface area contributed by atoms with Crippen LogP contribution in [0.15, 0.2) is 29.8 Å². The zero-order valence-corrected chi connectivity index (χ0v) is 11.4. The van der Waals surface area contributed by atoms with E-state index in [0.29, 0.717) is 11.3 Å². The smallest absolute Gasteiger partial charge is 0.338 e. The van der Waals surface area contributed by atoms with Gasteiger partial charge in [0.1, 0.15) is 5.75 Å². The number of carbonyl (C=O) groups is 1. The van der Waals surface area contributed by atoms with Gasteiger partial charge in [-0.2, -0.15) is 0 Å². The molecule has 0 aliphatic heterocycles. The number of esters is 1. The van der Waals surface area contributed by atoms with E-state index in [0.717, 1.165) is 11.1 Å². The molecule has 1 atom stereocenters. The number of hydrogen-bond donors (Lipinski definition) is 1. The highest BCUT2D eigenvalue weighted by Crippen LogP contribution is 2.28. The first kappa shape index (κ1) is 14.5. The van der Waals surface area contributed by atoms with Crippen molar-refractivity contribution in [2.45, 2.75) is 33.6 Å². The molecule has 1 aromatic rings. The molecule has 1 rings (SSSR count). The van der Waals surface area contributed by atoms with Crippen molar-refractivity contribution in [1.29, 1.82) is 0 Å². The van der Waals surface area contributed by atoms with Crippen LogP contribution >= 0.6 is 0 Å². The molecule has 0 amide bonds. The standard InChI is InChI=1S/C15H20O3/c1-5-11(3)15(17)18-14-8-10(2)6-7-13(14)12(4)9-16/h5-8,12,16H,9H2,1-4H3. The molecular formula is C15H20O3. The predicted octanol–water partition coefficient (Wildman–Crippen LogP) is 2.96. The van der Waals surface area contributed by atoms with E-state index in [9.17, 15) is 9.90 Å². The third-order valence-electron chi connectivity index (χ3n) is 2.93. The zero-order chi connectivity index (χ0) is 13.7. The van der Waals surface area contributed by atoms with Gasteiger partial charge in [-0.1, -0.05) is 25.1 Å². The Labute approximate surface area is 108 Å². The minimum Gasteiger partial charge on any atom is -0.423 e. The Morgan fingerprint density at radius 2 is 2.17 bits per heavy atom. The van der Waals surface area contributed by atoms with Crippen molar-refractivity contribution in [3.8, 4) is 5.75 Å². The minimum absolute atomic E-state index is 0.0240. The summed E-state index contributed by atoms with van der Waals surface area (Å²) >= 11 is 0. The van der Waals surface area contributed by atoms with E-state index in [4.69, 9.17) is 4.74 Å². The predicted molar refractivity (Wildman–Crippen MR) is 71.7 cm³/mol. The van der Waals surface area contributed by atoms with Gasteiger partial charge in [-0.05, 0) is 32.4 Å². The molecule has 0 saturated carbocycles. The first-order chi connectivity index (χ1) is 8.49. The van der Waals surface area contributed by atoms with Crippen LogP contribution in [0.1, 0.15) is 37.8 Å². The van der Waals surface area contributed by atoms with Gasteiger partial charge in [0.05, 0.1) is 0 Å². The van der Waals surface area contributed by atoms with Crippen LogP contribution in [0.25, 0.3) is 0 Å². The summed E-state index contributed by atoms with van der Waals surface area (Å²) in [6.45, 7) is 7.37. The average Bonchev–Trinajstić information content (AvgIpc) is 2.37. The largest absolute Gasteiger partial charge is 0.423 e. The third-order valence-corrected chi connectivity index (χ3v) is 2.93. The van der Waals surface area contributed by atoms with Crippen molar-refractivity contribution in [3.05, 3.63) is 41.0 Å². The summed E-state index contributed by atoms with van der Waals surface area (Å²) in [4.78, 5) is 11.8. The molecule has 98 valence electrons.